The third kappa shape index (κ3) is 4.35. The minimum absolute atomic E-state index is 0.436. The van der Waals surface area contributed by atoms with Crippen LogP contribution in [0.15, 0.2) is 200 Å². The van der Waals surface area contributed by atoms with E-state index in [0.29, 0.717) is 0 Å². The van der Waals surface area contributed by atoms with E-state index in [1.165, 1.54) is 83.1 Å². The van der Waals surface area contributed by atoms with Crippen LogP contribution in [0.1, 0.15) is 22.3 Å². The zero-order valence-electron chi connectivity index (χ0n) is 29.0. The van der Waals surface area contributed by atoms with Gasteiger partial charge in [0.05, 0.1) is 16.8 Å². The van der Waals surface area contributed by atoms with Crippen molar-refractivity contribution in [3.63, 3.8) is 0 Å². The van der Waals surface area contributed by atoms with Gasteiger partial charge < -0.3 is 0 Å². The highest BCUT2D eigenvalue weighted by Gasteiger charge is 2.53. The average molecular weight is 672 g/mol. The normalized spacial score (nSPS) is 13.1. The molecule has 0 aliphatic heterocycles. The first-order valence-corrected chi connectivity index (χ1v) is 18.4. The number of hydrogen-bond donors (Lipinski definition) is 0. The predicted molar refractivity (Wildman–Crippen MR) is 220 cm³/mol. The molecule has 9 aromatic rings. The van der Waals surface area contributed by atoms with E-state index in [1.54, 1.807) is 0 Å². The fraction of sp³-hybridized carbons (Fsp3) is 0.0192. The Bertz CT molecular complexity index is 2760. The molecule has 0 fully saturated rings. The van der Waals surface area contributed by atoms with Crippen LogP contribution in [-0.4, -0.2) is 4.98 Å². The van der Waals surface area contributed by atoms with Gasteiger partial charge in [0.2, 0.25) is 0 Å². The van der Waals surface area contributed by atoms with Gasteiger partial charge in [-0.1, -0.05) is 182 Å². The number of pyridine rings is 1. The number of nitrogens with zero attached hydrogens (tertiary/aromatic N) is 1. The SMILES string of the molecule is c1ccc(-c2cc(-c3ccccc3)cc(-c3ccc(-c4nc5c(c6ccccc46)C4(c6ccccc6-c6ccccc64)c4ccccc4-5)cc3)c2)cc1. The summed E-state index contributed by atoms with van der Waals surface area (Å²) in [5.74, 6) is 0. The van der Waals surface area contributed by atoms with Gasteiger partial charge in [-0.3, -0.25) is 0 Å². The first kappa shape index (κ1) is 29.9. The quantitative estimate of drug-likeness (QED) is 0.181. The Morgan fingerprint density at radius 1 is 0.283 bits per heavy atom. The Morgan fingerprint density at radius 3 is 1.23 bits per heavy atom. The lowest BCUT2D eigenvalue weighted by Gasteiger charge is -2.31. The molecular weight excluding hydrogens is 639 g/mol. The minimum atomic E-state index is -0.436. The largest absolute Gasteiger partial charge is 0.247 e. The fourth-order valence-electron chi connectivity index (χ4n) is 9.21. The van der Waals surface area contributed by atoms with Gasteiger partial charge in [0.15, 0.2) is 0 Å². The van der Waals surface area contributed by atoms with Gasteiger partial charge in [-0.05, 0) is 84.8 Å². The van der Waals surface area contributed by atoms with E-state index in [-0.39, 0.29) is 0 Å². The molecule has 53 heavy (non-hydrogen) atoms. The number of benzene rings is 8. The molecule has 0 atom stereocenters. The Labute approximate surface area is 309 Å². The molecule has 0 saturated heterocycles. The van der Waals surface area contributed by atoms with Gasteiger partial charge in [-0.25, -0.2) is 4.98 Å². The summed E-state index contributed by atoms with van der Waals surface area (Å²) >= 11 is 0. The summed E-state index contributed by atoms with van der Waals surface area (Å²) < 4.78 is 0. The van der Waals surface area contributed by atoms with Gasteiger partial charge in [0, 0.05) is 22.1 Å². The summed E-state index contributed by atoms with van der Waals surface area (Å²) in [5.41, 5.74) is 19.1. The van der Waals surface area contributed by atoms with Crippen LogP contribution >= 0.6 is 0 Å². The Morgan fingerprint density at radius 2 is 0.679 bits per heavy atom. The van der Waals surface area contributed by atoms with Crippen molar-refractivity contribution in [1.82, 2.24) is 4.98 Å². The van der Waals surface area contributed by atoms with E-state index in [1.807, 2.05) is 0 Å². The first-order valence-electron chi connectivity index (χ1n) is 18.4. The predicted octanol–water partition coefficient (Wildman–Crippen LogP) is 13.2. The Hall–Kier alpha value is -6.83. The third-order valence-electron chi connectivity index (χ3n) is 11.5. The number of rotatable bonds is 4. The lowest BCUT2D eigenvalue weighted by atomic mass is 9.69. The lowest BCUT2D eigenvalue weighted by Crippen LogP contribution is -2.26. The van der Waals surface area contributed by atoms with Crippen LogP contribution in [0.3, 0.4) is 0 Å². The molecule has 246 valence electrons. The zero-order valence-corrected chi connectivity index (χ0v) is 29.0. The van der Waals surface area contributed by atoms with Crippen molar-refractivity contribution >= 4 is 10.8 Å². The van der Waals surface area contributed by atoms with Gasteiger partial charge in [-0.15, -0.1) is 0 Å². The summed E-state index contributed by atoms with van der Waals surface area (Å²) in [6.45, 7) is 0. The smallest absolute Gasteiger partial charge is 0.0788 e. The van der Waals surface area contributed by atoms with Gasteiger partial charge in [0.1, 0.15) is 0 Å². The second-order valence-electron chi connectivity index (χ2n) is 14.2. The molecule has 1 nitrogen and oxygen atoms in total. The van der Waals surface area contributed by atoms with Crippen molar-refractivity contribution in [3.05, 3.63) is 222 Å². The van der Waals surface area contributed by atoms with Crippen LogP contribution in [0.2, 0.25) is 0 Å². The molecule has 1 heteroatoms. The molecule has 11 rings (SSSR count). The molecular formula is C52H33N. The standard InChI is InChI=1S/C52H33N/c1-3-15-34(16-4-1)38-31-39(35-17-5-2-6-18-35)33-40(32-38)36-27-29-37(30-28-36)50-44-22-8-7-21-43(44)49-51(53-50)45-23-11-14-26-48(45)52(49)46-24-12-9-19-41(46)42-20-10-13-25-47(42)52/h1-33H. The van der Waals surface area contributed by atoms with Crippen LogP contribution < -0.4 is 0 Å². The number of hydrogen-bond acceptors (Lipinski definition) is 1. The topological polar surface area (TPSA) is 12.9 Å². The van der Waals surface area contributed by atoms with Crippen molar-refractivity contribution in [2.45, 2.75) is 5.41 Å². The van der Waals surface area contributed by atoms with E-state index in [0.717, 1.165) is 17.0 Å². The molecule has 0 radical (unpaired) electrons. The van der Waals surface area contributed by atoms with Crippen LogP contribution in [-0.2, 0) is 5.41 Å². The maximum absolute atomic E-state index is 5.67. The van der Waals surface area contributed by atoms with E-state index in [9.17, 15) is 0 Å². The summed E-state index contributed by atoms with van der Waals surface area (Å²) in [7, 11) is 0. The van der Waals surface area contributed by atoms with Crippen LogP contribution in [0, 0.1) is 0 Å². The van der Waals surface area contributed by atoms with Crippen LogP contribution in [0.5, 0.6) is 0 Å². The van der Waals surface area contributed by atoms with Crippen molar-refractivity contribution in [2.75, 3.05) is 0 Å². The molecule has 1 spiro atoms. The third-order valence-corrected chi connectivity index (χ3v) is 11.5. The Kier molecular flexibility index (Phi) is 6.53. The van der Waals surface area contributed by atoms with Gasteiger partial charge in [-0.2, -0.15) is 0 Å². The molecule has 8 aromatic carbocycles. The molecule has 0 bridgehead atoms. The number of aromatic nitrogens is 1. The molecule has 2 aliphatic carbocycles. The van der Waals surface area contributed by atoms with E-state index >= 15 is 0 Å². The molecule has 2 aliphatic rings. The Balaban J connectivity index is 1.10. The van der Waals surface area contributed by atoms with Crippen LogP contribution in [0.25, 0.3) is 77.8 Å². The van der Waals surface area contributed by atoms with Crippen molar-refractivity contribution in [3.8, 4) is 67.0 Å². The first-order chi connectivity index (χ1) is 26.3. The average Bonchev–Trinajstić information content (AvgIpc) is 3.71. The van der Waals surface area contributed by atoms with Crippen molar-refractivity contribution in [2.24, 2.45) is 0 Å². The number of fused-ring (bicyclic) bond motifs is 12. The molecule has 0 N–H and O–H groups in total. The second kappa shape index (κ2) is 11.6. The highest BCUT2D eigenvalue weighted by Crippen LogP contribution is 2.64. The second-order valence-corrected chi connectivity index (χ2v) is 14.2. The van der Waals surface area contributed by atoms with E-state index < -0.39 is 5.41 Å². The van der Waals surface area contributed by atoms with E-state index in [2.05, 4.69) is 200 Å². The highest BCUT2D eigenvalue weighted by molar-refractivity contribution is 6.06. The van der Waals surface area contributed by atoms with Gasteiger partial charge >= 0.3 is 0 Å². The molecule has 1 aromatic heterocycles. The fourth-order valence-corrected chi connectivity index (χ4v) is 9.21. The summed E-state index contributed by atoms with van der Waals surface area (Å²) in [4.78, 5) is 5.67. The summed E-state index contributed by atoms with van der Waals surface area (Å²) in [6.07, 6.45) is 0. The monoisotopic (exact) mass is 671 g/mol. The summed E-state index contributed by atoms with van der Waals surface area (Å²) in [5, 5.41) is 2.42. The lowest BCUT2D eigenvalue weighted by molar-refractivity contribution is 0.799. The highest BCUT2D eigenvalue weighted by atomic mass is 14.8. The van der Waals surface area contributed by atoms with Crippen molar-refractivity contribution < 1.29 is 0 Å². The molecule has 0 amide bonds. The maximum Gasteiger partial charge on any atom is 0.0788 e. The van der Waals surface area contributed by atoms with Gasteiger partial charge in [0.25, 0.3) is 0 Å². The molecule has 0 saturated carbocycles. The van der Waals surface area contributed by atoms with Crippen LogP contribution in [0.4, 0.5) is 0 Å². The summed E-state index contributed by atoms with van der Waals surface area (Å²) in [6, 6.07) is 73.1. The maximum atomic E-state index is 5.67. The minimum Gasteiger partial charge on any atom is -0.247 e. The molecule has 1 heterocycles. The molecule has 0 unspecified atom stereocenters. The zero-order chi connectivity index (χ0) is 34.9. The van der Waals surface area contributed by atoms with E-state index in [4.69, 9.17) is 4.98 Å². The van der Waals surface area contributed by atoms with Crippen molar-refractivity contribution in [1.29, 1.82) is 0 Å².